The van der Waals surface area contributed by atoms with Gasteiger partial charge in [0.1, 0.15) is 11.3 Å². The summed E-state index contributed by atoms with van der Waals surface area (Å²) < 4.78 is 10.8. The largest absolute Gasteiger partial charge is 0.497 e. The van der Waals surface area contributed by atoms with E-state index in [1.54, 1.807) is 13.4 Å². The van der Waals surface area contributed by atoms with Crippen LogP contribution in [-0.2, 0) is 16.6 Å². The van der Waals surface area contributed by atoms with Crippen molar-refractivity contribution in [1.29, 1.82) is 0 Å². The van der Waals surface area contributed by atoms with Gasteiger partial charge in [-0.3, -0.25) is 4.79 Å². The van der Waals surface area contributed by atoms with Crippen molar-refractivity contribution >= 4 is 16.9 Å². The molecule has 1 aromatic heterocycles. The van der Waals surface area contributed by atoms with E-state index >= 15 is 0 Å². The van der Waals surface area contributed by atoms with Gasteiger partial charge in [0.25, 0.3) is 0 Å². The first-order chi connectivity index (χ1) is 12.2. The molecule has 0 spiro atoms. The zero-order valence-electron chi connectivity index (χ0n) is 14.2. The topological polar surface area (TPSA) is 51.5 Å². The van der Waals surface area contributed by atoms with Crippen molar-refractivity contribution in [2.24, 2.45) is 0 Å². The van der Waals surface area contributed by atoms with Gasteiger partial charge >= 0.3 is 0 Å². The van der Waals surface area contributed by atoms with Crippen molar-refractivity contribution in [3.05, 3.63) is 65.9 Å². The highest BCUT2D eigenvalue weighted by Gasteiger charge is 2.44. The highest BCUT2D eigenvalue weighted by Crippen LogP contribution is 2.47. The van der Waals surface area contributed by atoms with Gasteiger partial charge in [0.2, 0.25) is 5.91 Å². The third-order valence-electron chi connectivity index (χ3n) is 5.08. The minimum atomic E-state index is 0.0284. The predicted molar refractivity (Wildman–Crippen MR) is 96.8 cm³/mol. The number of benzene rings is 2. The smallest absolute Gasteiger partial charge is 0.224 e. The maximum absolute atomic E-state index is 12.4. The van der Waals surface area contributed by atoms with Gasteiger partial charge < -0.3 is 14.5 Å². The van der Waals surface area contributed by atoms with E-state index in [-0.39, 0.29) is 11.3 Å². The number of amides is 1. The number of methoxy groups -OCH3 is 1. The summed E-state index contributed by atoms with van der Waals surface area (Å²) in [7, 11) is 1.62. The molecule has 0 atom stereocenters. The summed E-state index contributed by atoms with van der Waals surface area (Å²) >= 11 is 0. The average Bonchev–Trinajstić information content (AvgIpc) is 3.36. The van der Waals surface area contributed by atoms with Gasteiger partial charge in [-0.05, 0) is 30.5 Å². The fourth-order valence-electron chi connectivity index (χ4n) is 3.34. The number of fused-ring (bicyclic) bond motifs is 1. The van der Waals surface area contributed by atoms with Crippen molar-refractivity contribution < 1.29 is 13.9 Å². The molecule has 4 nitrogen and oxygen atoms in total. The third kappa shape index (κ3) is 3.12. The van der Waals surface area contributed by atoms with Crippen molar-refractivity contribution in [2.75, 3.05) is 13.7 Å². The lowest BCUT2D eigenvalue weighted by molar-refractivity contribution is -0.120. The molecule has 128 valence electrons. The second-order valence-corrected chi connectivity index (χ2v) is 6.72. The summed E-state index contributed by atoms with van der Waals surface area (Å²) in [5.74, 6) is 0.775. The van der Waals surface area contributed by atoms with Crippen LogP contribution in [0.5, 0.6) is 5.75 Å². The van der Waals surface area contributed by atoms with Gasteiger partial charge in [-0.2, -0.15) is 0 Å². The number of hydrogen-bond acceptors (Lipinski definition) is 3. The van der Waals surface area contributed by atoms with E-state index in [2.05, 4.69) is 29.6 Å². The molecule has 1 saturated carbocycles. The second kappa shape index (κ2) is 6.28. The highest BCUT2D eigenvalue weighted by atomic mass is 16.5. The van der Waals surface area contributed by atoms with Crippen LogP contribution in [-0.4, -0.2) is 19.6 Å². The Labute approximate surface area is 146 Å². The van der Waals surface area contributed by atoms with E-state index < -0.39 is 0 Å². The van der Waals surface area contributed by atoms with Crippen molar-refractivity contribution in [1.82, 2.24) is 5.32 Å². The second-order valence-electron chi connectivity index (χ2n) is 6.72. The molecule has 1 aliphatic rings. The van der Waals surface area contributed by atoms with E-state index in [0.29, 0.717) is 13.0 Å². The van der Waals surface area contributed by atoms with E-state index in [9.17, 15) is 4.79 Å². The molecule has 4 heteroatoms. The van der Waals surface area contributed by atoms with E-state index in [0.717, 1.165) is 35.1 Å². The Morgan fingerprint density at radius 1 is 1.20 bits per heavy atom. The molecule has 1 aliphatic carbocycles. The lowest BCUT2D eigenvalue weighted by Crippen LogP contribution is -2.33. The van der Waals surface area contributed by atoms with E-state index in [1.807, 2.05) is 24.3 Å². The number of furan rings is 1. The molecule has 0 saturated heterocycles. The Kier molecular flexibility index (Phi) is 3.96. The van der Waals surface area contributed by atoms with Gasteiger partial charge in [-0.25, -0.2) is 0 Å². The fraction of sp³-hybridized carbons (Fsp3) is 0.286. The van der Waals surface area contributed by atoms with Crippen LogP contribution in [0, 0.1) is 0 Å². The lowest BCUT2D eigenvalue weighted by Gasteiger charge is -2.16. The monoisotopic (exact) mass is 335 g/mol. The van der Waals surface area contributed by atoms with Crippen molar-refractivity contribution in [2.45, 2.75) is 24.7 Å². The number of carbonyl (C=O) groups excluding carboxylic acids is 1. The molecule has 4 rings (SSSR count). The number of rotatable bonds is 6. The summed E-state index contributed by atoms with van der Waals surface area (Å²) in [4.78, 5) is 12.4. The summed E-state index contributed by atoms with van der Waals surface area (Å²) in [6.45, 7) is 0.694. The average molecular weight is 335 g/mol. The van der Waals surface area contributed by atoms with Gasteiger partial charge in [-0.15, -0.1) is 0 Å². The molecular weight excluding hydrogens is 314 g/mol. The molecule has 1 amide bonds. The van der Waals surface area contributed by atoms with Crippen molar-refractivity contribution in [3.8, 4) is 5.75 Å². The Balaban J connectivity index is 1.41. The molecule has 0 unspecified atom stereocenters. The highest BCUT2D eigenvalue weighted by molar-refractivity contribution is 5.88. The first kappa shape index (κ1) is 15.8. The first-order valence-corrected chi connectivity index (χ1v) is 8.57. The molecule has 1 fully saturated rings. The van der Waals surface area contributed by atoms with Gasteiger partial charge in [0.15, 0.2) is 0 Å². The molecule has 1 N–H and O–H groups in total. The van der Waals surface area contributed by atoms with Crippen LogP contribution < -0.4 is 10.1 Å². The molecule has 0 bridgehead atoms. The third-order valence-corrected chi connectivity index (χ3v) is 5.08. The maximum Gasteiger partial charge on any atom is 0.224 e. The van der Waals surface area contributed by atoms with Crippen LogP contribution in [0.15, 0.2) is 59.2 Å². The van der Waals surface area contributed by atoms with Gasteiger partial charge in [-0.1, -0.05) is 30.3 Å². The van der Waals surface area contributed by atoms with Crippen LogP contribution in [0.3, 0.4) is 0 Å². The van der Waals surface area contributed by atoms with Crippen LogP contribution in [0.4, 0.5) is 0 Å². The minimum absolute atomic E-state index is 0.0284. The van der Waals surface area contributed by atoms with Crippen LogP contribution >= 0.6 is 0 Å². The van der Waals surface area contributed by atoms with E-state index in [1.165, 1.54) is 5.56 Å². The zero-order valence-corrected chi connectivity index (χ0v) is 14.2. The van der Waals surface area contributed by atoms with Gasteiger partial charge in [0.05, 0.1) is 19.8 Å². The molecule has 1 heterocycles. The summed E-state index contributed by atoms with van der Waals surface area (Å²) in [5.41, 5.74) is 3.09. The maximum atomic E-state index is 12.4. The number of carbonyl (C=O) groups is 1. The standard InChI is InChI=1S/C21H21NO3/c1-24-17-7-8-18-15(13-25-19(18)12-17)11-20(23)22-14-21(9-10-21)16-5-3-2-4-6-16/h2-8,12-13H,9-11,14H2,1H3,(H,22,23). The van der Waals surface area contributed by atoms with Crippen LogP contribution in [0.1, 0.15) is 24.0 Å². The van der Waals surface area contributed by atoms with Gasteiger partial charge in [0, 0.05) is 29.0 Å². The molecule has 0 aliphatic heterocycles. The summed E-state index contributed by atoms with van der Waals surface area (Å²) in [6.07, 6.45) is 4.25. The fourth-order valence-corrected chi connectivity index (χ4v) is 3.34. The van der Waals surface area contributed by atoms with Crippen molar-refractivity contribution in [3.63, 3.8) is 0 Å². The van der Waals surface area contributed by atoms with Crippen LogP contribution in [0.25, 0.3) is 11.0 Å². The minimum Gasteiger partial charge on any atom is -0.497 e. The first-order valence-electron chi connectivity index (χ1n) is 8.57. The Hall–Kier alpha value is -2.75. The van der Waals surface area contributed by atoms with E-state index in [4.69, 9.17) is 9.15 Å². The normalized spacial score (nSPS) is 15.1. The lowest BCUT2D eigenvalue weighted by atomic mass is 9.96. The number of hydrogen-bond donors (Lipinski definition) is 1. The zero-order chi connectivity index (χ0) is 17.3. The molecule has 0 radical (unpaired) electrons. The summed E-state index contributed by atoms with van der Waals surface area (Å²) in [5, 5.41) is 4.06. The molecule has 2 aromatic carbocycles. The molecule has 25 heavy (non-hydrogen) atoms. The Morgan fingerprint density at radius 3 is 2.72 bits per heavy atom. The predicted octanol–water partition coefficient (Wildman–Crippen LogP) is 3.83. The Morgan fingerprint density at radius 2 is 2.00 bits per heavy atom. The molecular formula is C21H21NO3. The molecule has 3 aromatic rings. The summed E-state index contributed by atoms with van der Waals surface area (Å²) in [6, 6.07) is 16.1. The number of nitrogens with one attached hydrogen (secondary N) is 1. The Bertz CT molecular complexity index is 894. The SMILES string of the molecule is COc1ccc2c(CC(=O)NCC3(c4ccccc4)CC3)coc2c1. The van der Waals surface area contributed by atoms with Crippen LogP contribution in [0.2, 0.25) is 0 Å². The number of ether oxygens (including phenoxy) is 1. The quantitative estimate of drug-likeness (QED) is 0.745.